The molecule has 3 aromatic rings. The molecule has 2 fully saturated rings. The number of aliphatic hydroxyl groups is 1. The fourth-order valence-corrected chi connectivity index (χ4v) is 6.35. The number of likely N-dealkylation sites (tertiary alicyclic amines) is 1. The number of aliphatic hydroxyl groups excluding tert-OH is 1. The second-order valence-electron chi connectivity index (χ2n) is 11.4. The van der Waals surface area contributed by atoms with E-state index in [2.05, 4.69) is 15.6 Å². The zero-order valence-corrected chi connectivity index (χ0v) is 25.5. The predicted octanol–water partition coefficient (Wildman–Crippen LogP) is 2.81. The smallest absolute Gasteiger partial charge is 0.254 e. The van der Waals surface area contributed by atoms with Gasteiger partial charge in [0.15, 0.2) is 0 Å². The molecule has 0 unspecified atom stereocenters. The van der Waals surface area contributed by atoms with Gasteiger partial charge < -0.3 is 25.1 Å². The van der Waals surface area contributed by atoms with E-state index in [1.807, 2.05) is 37.3 Å². The lowest BCUT2D eigenvalue weighted by atomic mass is 9.95. The molecule has 43 heavy (non-hydrogen) atoms. The number of carbonyl (C=O) groups is 2. The Morgan fingerprint density at radius 3 is 2.56 bits per heavy atom. The molecule has 0 aliphatic carbocycles. The van der Waals surface area contributed by atoms with E-state index < -0.39 is 28.1 Å². The second-order valence-corrected chi connectivity index (χ2v) is 13.5. The minimum atomic E-state index is -3.70. The van der Waals surface area contributed by atoms with Crippen molar-refractivity contribution in [3.63, 3.8) is 0 Å². The number of nitrogens with one attached hydrogen (secondary N) is 2. The highest BCUT2D eigenvalue weighted by Crippen LogP contribution is 2.33. The number of sulfonamides is 1. The molecule has 0 spiro atoms. The maximum atomic E-state index is 13.9. The van der Waals surface area contributed by atoms with Gasteiger partial charge in [0.1, 0.15) is 12.3 Å². The van der Waals surface area contributed by atoms with Crippen LogP contribution in [0.3, 0.4) is 0 Å². The Kier molecular flexibility index (Phi) is 9.19. The molecule has 3 heterocycles. The van der Waals surface area contributed by atoms with Crippen molar-refractivity contribution in [1.29, 1.82) is 0 Å². The van der Waals surface area contributed by atoms with Crippen LogP contribution in [0.1, 0.15) is 69.6 Å². The number of anilines is 1. The molecular formula is C31H39N5O6S. The van der Waals surface area contributed by atoms with E-state index in [1.165, 1.54) is 25.2 Å². The number of amides is 2. The van der Waals surface area contributed by atoms with E-state index in [1.54, 1.807) is 11.2 Å². The highest BCUT2D eigenvalue weighted by atomic mass is 32.2. The molecule has 0 radical (unpaired) electrons. The Labute approximate surface area is 252 Å². The van der Waals surface area contributed by atoms with Crippen molar-refractivity contribution in [2.75, 3.05) is 30.7 Å². The van der Waals surface area contributed by atoms with Crippen LogP contribution in [0.15, 0.2) is 59.2 Å². The van der Waals surface area contributed by atoms with Crippen LogP contribution in [0, 0.1) is 6.92 Å². The molecule has 12 heteroatoms. The average Bonchev–Trinajstić information content (AvgIpc) is 3.78. The Morgan fingerprint density at radius 2 is 1.91 bits per heavy atom. The fraction of sp³-hybridized carbons (Fsp3) is 0.452. The monoisotopic (exact) mass is 609 g/mol. The first-order valence-corrected chi connectivity index (χ1v) is 16.4. The summed E-state index contributed by atoms with van der Waals surface area (Å²) < 4.78 is 31.6. The largest absolute Gasteiger partial charge is 0.446 e. The van der Waals surface area contributed by atoms with Crippen molar-refractivity contribution in [3.8, 4) is 0 Å². The van der Waals surface area contributed by atoms with Gasteiger partial charge in [-0.25, -0.2) is 13.4 Å². The van der Waals surface area contributed by atoms with E-state index in [9.17, 15) is 23.1 Å². The summed E-state index contributed by atoms with van der Waals surface area (Å²) in [7, 11) is -2.32. The predicted molar refractivity (Wildman–Crippen MR) is 162 cm³/mol. The molecule has 4 atom stereocenters. The van der Waals surface area contributed by atoms with Crippen LogP contribution in [-0.2, 0) is 16.4 Å². The number of aryl methyl sites for hydroxylation is 1. The highest BCUT2D eigenvalue weighted by Gasteiger charge is 2.35. The van der Waals surface area contributed by atoms with Gasteiger partial charge in [-0.3, -0.25) is 13.9 Å². The second kappa shape index (κ2) is 12.9. The summed E-state index contributed by atoms with van der Waals surface area (Å²) in [6.45, 7) is 3.08. The third-order valence-corrected chi connectivity index (χ3v) is 9.47. The topological polar surface area (TPSA) is 145 Å². The summed E-state index contributed by atoms with van der Waals surface area (Å²) in [6, 6.07) is 12.8. The Balaban J connectivity index is 1.47. The third-order valence-electron chi connectivity index (χ3n) is 8.26. The molecule has 11 nitrogen and oxygen atoms in total. The third kappa shape index (κ3) is 7.09. The fourth-order valence-electron chi connectivity index (χ4n) is 5.86. The minimum absolute atomic E-state index is 0.115. The SMILES string of the molecule is Cc1coc([C@H]2CCCN2C(=O)c2cc(C(=O)N[C@@H](Cc3ccccc3)[C@@H](O)[C@H]3CCCN3)cc(N(C)S(C)(=O)=O)c2)n1. The van der Waals surface area contributed by atoms with Gasteiger partial charge in [0, 0.05) is 30.8 Å². The minimum Gasteiger partial charge on any atom is -0.446 e. The lowest BCUT2D eigenvalue weighted by molar-refractivity contribution is 0.0715. The van der Waals surface area contributed by atoms with Crippen LogP contribution in [0.2, 0.25) is 0 Å². The molecule has 2 saturated heterocycles. The normalized spacial score (nSPS) is 20.1. The van der Waals surface area contributed by atoms with Crippen LogP contribution >= 0.6 is 0 Å². The van der Waals surface area contributed by atoms with Gasteiger partial charge in [-0.05, 0) is 69.3 Å². The first-order chi connectivity index (χ1) is 20.5. The van der Waals surface area contributed by atoms with Gasteiger partial charge in [0.25, 0.3) is 11.8 Å². The first-order valence-electron chi connectivity index (χ1n) is 14.6. The van der Waals surface area contributed by atoms with E-state index >= 15 is 0 Å². The average molecular weight is 610 g/mol. The van der Waals surface area contributed by atoms with Gasteiger partial charge in [0.2, 0.25) is 15.9 Å². The molecule has 2 aromatic carbocycles. The van der Waals surface area contributed by atoms with Crippen LogP contribution < -0.4 is 14.9 Å². The molecule has 3 N–H and O–H groups in total. The number of benzene rings is 2. The van der Waals surface area contributed by atoms with Crippen molar-refractivity contribution in [2.24, 2.45) is 0 Å². The number of rotatable bonds is 10. The number of nitrogens with zero attached hydrogens (tertiary/aromatic N) is 3. The van der Waals surface area contributed by atoms with Crippen molar-refractivity contribution in [2.45, 2.75) is 63.3 Å². The standard InChI is InChI=1S/C31H39N5O6S/c1-20-19-42-30(33-20)27-12-8-14-36(27)31(39)23-16-22(17-24(18-23)35(2)43(3,40)41)29(38)34-26(15-21-9-5-4-6-10-21)28(37)25-11-7-13-32-25/h4-6,9-10,16-19,25-28,32,37H,7-8,11-15H2,1-3H3,(H,34,38)/t25-,26+,27-,28+/m1/s1. The summed E-state index contributed by atoms with van der Waals surface area (Å²) in [5, 5.41) is 17.6. The van der Waals surface area contributed by atoms with Crippen LogP contribution in [0.4, 0.5) is 5.69 Å². The zero-order valence-electron chi connectivity index (χ0n) is 24.7. The molecule has 2 aliphatic heterocycles. The summed E-state index contributed by atoms with van der Waals surface area (Å²) >= 11 is 0. The Hall–Kier alpha value is -3.74. The lowest BCUT2D eigenvalue weighted by Crippen LogP contribution is -2.52. The van der Waals surface area contributed by atoms with Crippen LogP contribution in [0.5, 0.6) is 0 Å². The maximum Gasteiger partial charge on any atom is 0.254 e. The van der Waals surface area contributed by atoms with Crippen molar-refractivity contribution >= 4 is 27.5 Å². The Bertz CT molecular complexity index is 1550. The molecule has 5 rings (SSSR count). The first kappa shape index (κ1) is 30.7. The van der Waals surface area contributed by atoms with Crippen LogP contribution in [-0.4, -0.2) is 79.8 Å². The maximum absolute atomic E-state index is 13.9. The van der Waals surface area contributed by atoms with E-state index in [0.717, 1.165) is 41.9 Å². The molecule has 0 bridgehead atoms. The van der Waals surface area contributed by atoms with Crippen molar-refractivity contribution in [3.05, 3.63) is 83.1 Å². The molecular weight excluding hydrogens is 570 g/mol. The van der Waals surface area contributed by atoms with Gasteiger partial charge in [-0.2, -0.15) is 0 Å². The van der Waals surface area contributed by atoms with Gasteiger partial charge >= 0.3 is 0 Å². The molecule has 0 saturated carbocycles. The number of aromatic nitrogens is 1. The summed E-state index contributed by atoms with van der Waals surface area (Å²) in [5.74, 6) is -0.423. The molecule has 2 amide bonds. The zero-order chi connectivity index (χ0) is 30.7. The molecule has 1 aromatic heterocycles. The summed E-state index contributed by atoms with van der Waals surface area (Å²) in [6.07, 6.45) is 5.29. The van der Waals surface area contributed by atoms with Crippen molar-refractivity contribution < 1.29 is 27.5 Å². The molecule has 230 valence electrons. The van der Waals surface area contributed by atoms with E-state index in [4.69, 9.17) is 4.42 Å². The number of hydrogen-bond acceptors (Lipinski definition) is 8. The van der Waals surface area contributed by atoms with Gasteiger partial charge in [0.05, 0.1) is 29.8 Å². The summed E-state index contributed by atoms with van der Waals surface area (Å²) in [4.78, 5) is 33.8. The number of hydrogen-bond donors (Lipinski definition) is 3. The lowest BCUT2D eigenvalue weighted by Gasteiger charge is -2.29. The quantitative estimate of drug-likeness (QED) is 0.318. The highest BCUT2D eigenvalue weighted by molar-refractivity contribution is 7.92. The Morgan fingerprint density at radius 1 is 1.16 bits per heavy atom. The van der Waals surface area contributed by atoms with Gasteiger partial charge in [-0.15, -0.1) is 0 Å². The van der Waals surface area contributed by atoms with Gasteiger partial charge in [-0.1, -0.05) is 30.3 Å². The van der Waals surface area contributed by atoms with Crippen molar-refractivity contribution in [1.82, 2.24) is 20.5 Å². The number of carbonyl (C=O) groups excluding carboxylic acids is 2. The van der Waals surface area contributed by atoms with E-state index in [0.29, 0.717) is 31.0 Å². The molecule has 2 aliphatic rings. The number of oxazole rings is 1. The summed E-state index contributed by atoms with van der Waals surface area (Å²) in [5.41, 5.74) is 2.13. The van der Waals surface area contributed by atoms with E-state index in [-0.39, 0.29) is 34.8 Å². The van der Waals surface area contributed by atoms with Crippen LogP contribution in [0.25, 0.3) is 0 Å².